The lowest BCUT2D eigenvalue weighted by atomic mass is 10.1. The number of benzene rings is 3. The zero-order chi connectivity index (χ0) is 20.3. The Morgan fingerprint density at radius 1 is 0.893 bits per heavy atom. The Bertz CT molecular complexity index is 1030. The fraction of sp³-hybridized carbons (Fsp3) is 0.182. The minimum Gasteiger partial charge on any atom is -0.497 e. The first-order valence-corrected chi connectivity index (χ1v) is 10.3. The molecule has 0 unspecified atom stereocenters. The van der Waals surface area contributed by atoms with Gasteiger partial charge in [-0.3, -0.25) is 4.31 Å². The van der Waals surface area contributed by atoms with Crippen molar-refractivity contribution in [2.45, 2.75) is 24.8 Å². The van der Waals surface area contributed by atoms with Crippen LogP contribution >= 0.6 is 0 Å². The highest BCUT2D eigenvalue weighted by Crippen LogP contribution is 2.34. The van der Waals surface area contributed by atoms with Crippen LogP contribution in [-0.4, -0.2) is 15.5 Å². The highest BCUT2D eigenvalue weighted by atomic mass is 32.2. The van der Waals surface area contributed by atoms with Crippen molar-refractivity contribution >= 4 is 15.7 Å². The van der Waals surface area contributed by atoms with E-state index in [1.807, 2.05) is 38.1 Å². The third-order valence-corrected chi connectivity index (χ3v) is 6.52. The number of hydrogen-bond donors (Lipinski definition) is 0. The van der Waals surface area contributed by atoms with E-state index in [1.54, 1.807) is 31.4 Å². The molecule has 0 aliphatic carbocycles. The van der Waals surface area contributed by atoms with Crippen molar-refractivity contribution in [1.29, 1.82) is 0 Å². The number of anilines is 1. The smallest absolute Gasteiger partial charge is 0.264 e. The Labute approximate surface area is 165 Å². The average Bonchev–Trinajstić information content (AvgIpc) is 2.69. The van der Waals surface area contributed by atoms with E-state index in [0.29, 0.717) is 11.4 Å². The predicted molar refractivity (Wildman–Crippen MR) is 109 cm³/mol. The van der Waals surface area contributed by atoms with Gasteiger partial charge in [-0.2, -0.15) is 0 Å². The van der Waals surface area contributed by atoms with Crippen LogP contribution in [0.15, 0.2) is 77.7 Å². The Morgan fingerprint density at radius 3 is 2.00 bits per heavy atom. The monoisotopic (exact) mass is 399 g/mol. The molecule has 6 heteroatoms. The first-order chi connectivity index (χ1) is 13.3. The van der Waals surface area contributed by atoms with Crippen molar-refractivity contribution in [2.75, 3.05) is 11.4 Å². The van der Waals surface area contributed by atoms with Gasteiger partial charge in [-0.15, -0.1) is 0 Å². The normalized spacial score (nSPS) is 12.4. The lowest BCUT2D eigenvalue weighted by molar-refractivity contribution is 0.415. The summed E-state index contributed by atoms with van der Waals surface area (Å²) in [6, 6.07) is 18.9. The molecule has 0 aromatic heterocycles. The largest absolute Gasteiger partial charge is 0.497 e. The summed E-state index contributed by atoms with van der Waals surface area (Å²) in [5.74, 6) is 0.146. The molecule has 0 N–H and O–H groups in total. The average molecular weight is 399 g/mol. The van der Waals surface area contributed by atoms with Crippen LogP contribution in [0.5, 0.6) is 5.75 Å². The first-order valence-electron chi connectivity index (χ1n) is 8.83. The number of methoxy groups -OCH3 is 1. The van der Waals surface area contributed by atoms with Crippen molar-refractivity contribution in [3.8, 4) is 5.75 Å². The van der Waals surface area contributed by atoms with Crippen molar-refractivity contribution < 1.29 is 17.5 Å². The van der Waals surface area contributed by atoms with Gasteiger partial charge in [0.1, 0.15) is 11.6 Å². The summed E-state index contributed by atoms with van der Waals surface area (Å²) in [6.45, 7) is 3.81. The summed E-state index contributed by atoms with van der Waals surface area (Å²) in [4.78, 5) is 0.0312. The van der Waals surface area contributed by atoms with Crippen LogP contribution < -0.4 is 9.04 Å². The van der Waals surface area contributed by atoms with Crippen molar-refractivity contribution in [1.82, 2.24) is 0 Å². The molecule has 0 saturated heterocycles. The van der Waals surface area contributed by atoms with E-state index in [4.69, 9.17) is 4.74 Å². The van der Waals surface area contributed by atoms with Gasteiger partial charge >= 0.3 is 0 Å². The second-order valence-corrected chi connectivity index (χ2v) is 8.35. The van der Waals surface area contributed by atoms with Crippen LogP contribution in [0.4, 0.5) is 10.1 Å². The van der Waals surface area contributed by atoms with Crippen molar-refractivity contribution in [2.24, 2.45) is 0 Å². The van der Waals surface area contributed by atoms with Crippen molar-refractivity contribution in [3.05, 3.63) is 89.7 Å². The Hall–Kier alpha value is -2.86. The Morgan fingerprint density at radius 2 is 1.46 bits per heavy atom. The molecule has 0 bridgehead atoms. The van der Waals surface area contributed by atoms with Gasteiger partial charge in [-0.1, -0.05) is 29.8 Å². The van der Waals surface area contributed by atoms with Gasteiger partial charge in [0.2, 0.25) is 0 Å². The molecule has 0 saturated carbocycles. The molecule has 0 heterocycles. The molecule has 146 valence electrons. The van der Waals surface area contributed by atoms with E-state index >= 15 is 0 Å². The third kappa shape index (κ3) is 4.02. The molecular formula is C22H22FNO3S. The SMILES string of the molecule is COc1ccc(N([C@@H](C)c2ccc(C)cc2)S(=O)(=O)c2ccc(F)cc2)cc1. The number of aryl methyl sites for hydroxylation is 1. The zero-order valence-electron chi connectivity index (χ0n) is 16.0. The second kappa shape index (κ2) is 8.02. The molecular weight excluding hydrogens is 377 g/mol. The molecule has 3 aromatic carbocycles. The van der Waals surface area contributed by atoms with Gasteiger partial charge in [0, 0.05) is 0 Å². The molecule has 1 atom stereocenters. The van der Waals surface area contributed by atoms with Crippen LogP contribution in [0, 0.1) is 12.7 Å². The van der Waals surface area contributed by atoms with E-state index in [1.165, 1.54) is 16.4 Å². The van der Waals surface area contributed by atoms with E-state index in [-0.39, 0.29) is 4.90 Å². The molecule has 0 aliphatic rings. The summed E-state index contributed by atoms with van der Waals surface area (Å²) in [5, 5.41) is 0. The number of halogens is 1. The summed E-state index contributed by atoms with van der Waals surface area (Å²) in [7, 11) is -2.37. The second-order valence-electron chi connectivity index (χ2n) is 6.54. The third-order valence-electron chi connectivity index (χ3n) is 4.61. The molecule has 28 heavy (non-hydrogen) atoms. The van der Waals surface area contributed by atoms with Crippen LogP contribution in [0.1, 0.15) is 24.1 Å². The maximum absolute atomic E-state index is 13.5. The van der Waals surface area contributed by atoms with E-state index in [2.05, 4.69) is 0 Å². The molecule has 4 nitrogen and oxygen atoms in total. The highest BCUT2D eigenvalue weighted by molar-refractivity contribution is 7.92. The van der Waals surface area contributed by atoms with E-state index < -0.39 is 21.9 Å². The Kier molecular flexibility index (Phi) is 5.70. The molecule has 0 radical (unpaired) electrons. The summed E-state index contributed by atoms with van der Waals surface area (Å²) < 4.78 is 46.8. The molecule has 0 fully saturated rings. The lowest BCUT2D eigenvalue weighted by Gasteiger charge is -2.31. The Balaban J connectivity index is 2.12. The van der Waals surface area contributed by atoms with Crippen LogP contribution in [0.3, 0.4) is 0 Å². The van der Waals surface area contributed by atoms with Gasteiger partial charge in [0.15, 0.2) is 0 Å². The molecule has 3 rings (SSSR count). The quantitative estimate of drug-likeness (QED) is 0.579. The highest BCUT2D eigenvalue weighted by Gasteiger charge is 2.30. The van der Waals surface area contributed by atoms with Gasteiger partial charge in [0.25, 0.3) is 10.0 Å². The molecule has 3 aromatic rings. The summed E-state index contributed by atoms with van der Waals surface area (Å²) in [6.07, 6.45) is 0. The number of nitrogens with zero attached hydrogens (tertiary/aromatic N) is 1. The van der Waals surface area contributed by atoms with E-state index in [0.717, 1.165) is 23.3 Å². The molecule has 0 aliphatic heterocycles. The summed E-state index contributed by atoms with van der Waals surface area (Å²) in [5.41, 5.74) is 2.44. The topological polar surface area (TPSA) is 46.6 Å². The van der Waals surface area contributed by atoms with Crippen LogP contribution in [-0.2, 0) is 10.0 Å². The van der Waals surface area contributed by atoms with Crippen molar-refractivity contribution in [3.63, 3.8) is 0 Å². The number of ether oxygens (including phenoxy) is 1. The molecule has 0 spiro atoms. The van der Waals surface area contributed by atoms with Gasteiger partial charge in [0.05, 0.1) is 23.7 Å². The van der Waals surface area contributed by atoms with Gasteiger partial charge in [-0.05, 0) is 67.9 Å². The standard InChI is InChI=1S/C22H22FNO3S/c1-16-4-6-18(7-5-16)17(2)24(20-10-12-21(27-3)13-11-20)28(25,26)22-14-8-19(23)9-15-22/h4-15,17H,1-3H3/t17-/m0/s1. The first kappa shape index (κ1) is 19.9. The van der Waals surface area contributed by atoms with Crippen LogP contribution in [0.2, 0.25) is 0 Å². The van der Waals surface area contributed by atoms with Gasteiger partial charge in [-0.25, -0.2) is 12.8 Å². The van der Waals surface area contributed by atoms with Gasteiger partial charge < -0.3 is 4.74 Å². The zero-order valence-corrected chi connectivity index (χ0v) is 16.8. The van der Waals surface area contributed by atoms with Crippen LogP contribution in [0.25, 0.3) is 0 Å². The maximum atomic E-state index is 13.5. The van der Waals surface area contributed by atoms with E-state index in [9.17, 15) is 12.8 Å². The number of hydrogen-bond acceptors (Lipinski definition) is 3. The summed E-state index contributed by atoms with van der Waals surface area (Å²) >= 11 is 0. The lowest BCUT2D eigenvalue weighted by Crippen LogP contribution is -2.33. The number of rotatable bonds is 6. The molecule has 0 amide bonds. The predicted octanol–water partition coefficient (Wildman–Crippen LogP) is 5.10. The fourth-order valence-electron chi connectivity index (χ4n) is 3.00. The minimum absolute atomic E-state index is 0.0312. The number of sulfonamides is 1. The minimum atomic E-state index is -3.92. The maximum Gasteiger partial charge on any atom is 0.264 e. The fourth-order valence-corrected chi connectivity index (χ4v) is 4.64.